The normalized spacial score (nSPS) is 9.09. The molecule has 0 unspecified atom stereocenters. The molecule has 0 spiro atoms. The molecule has 1 aromatic rings. The van der Waals surface area contributed by atoms with Crippen LogP contribution in [0.2, 0.25) is 20.1 Å². The highest BCUT2D eigenvalue weighted by Gasteiger charge is 2.05. The molecule has 0 amide bonds. The smallest absolute Gasteiger partial charge is 0.0793 e. The van der Waals surface area contributed by atoms with E-state index < -0.39 is 0 Å². The zero-order chi connectivity index (χ0) is 7.72. The molecule has 11 heavy (non-hydrogen) atoms. The summed E-state index contributed by atoms with van der Waals surface area (Å²) in [5.74, 6) is 0. The van der Waals surface area contributed by atoms with Gasteiger partial charge in [0.1, 0.15) is 0 Å². The van der Waals surface area contributed by atoms with Gasteiger partial charge in [-0.05, 0) is 12.1 Å². The first-order chi connectivity index (χ1) is 4.63. The summed E-state index contributed by atoms with van der Waals surface area (Å²) in [5, 5.41) is 1.43. The average molecular weight is 232 g/mol. The highest BCUT2D eigenvalue weighted by molar-refractivity contribution is 6.51. The lowest BCUT2D eigenvalue weighted by Gasteiger charge is -1.98. The second-order valence-corrected chi connectivity index (χ2v) is 3.23. The first-order valence-corrected chi connectivity index (χ1v) is 3.93. The van der Waals surface area contributed by atoms with Gasteiger partial charge in [0.05, 0.1) is 20.1 Å². The molecule has 0 bridgehead atoms. The average Bonchev–Trinajstić information content (AvgIpc) is 1.93. The molecule has 1 aromatic carbocycles. The zero-order valence-corrected chi connectivity index (χ0v) is 7.69. The van der Waals surface area contributed by atoms with Crippen LogP contribution < -0.4 is 0 Å². The number of hydrogen-bond acceptors (Lipinski definition) is 0. The van der Waals surface area contributed by atoms with Crippen molar-refractivity contribution in [1.82, 2.24) is 0 Å². The molecule has 0 heterocycles. The van der Waals surface area contributed by atoms with E-state index in [1.807, 2.05) is 0 Å². The van der Waals surface area contributed by atoms with E-state index in [2.05, 4.69) is 0 Å². The first-order valence-electron chi connectivity index (χ1n) is 2.42. The van der Waals surface area contributed by atoms with Crippen molar-refractivity contribution in [3.63, 3.8) is 0 Å². The van der Waals surface area contributed by atoms with Gasteiger partial charge in [-0.15, -0.1) is 0 Å². The SMILES string of the molecule is C.Clc1ccc(Cl)c(Cl)c1Cl. The summed E-state index contributed by atoms with van der Waals surface area (Å²) >= 11 is 22.5. The topological polar surface area (TPSA) is 0 Å². The predicted molar refractivity (Wildman–Crippen MR) is 53.2 cm³/mol. The number of hydrogen-bond donors (Lipinski definition) is 0. The van der Waals surface area contributed by atoms with Crippen molar-refractivity contribution >= 4 is 46.4 Å². The van der Waals surface area contributed by atoms with Gasteiger partial charge in [-0.3, -0.25) is 0 Å². The van der Waals surface area contributed by atoms with Crippen molar-refractivity contribution in [3.8, 4) is 0 Å². The second-order valence-electron chi connectivity index (χ2n) is 1.66. The molecule has 0 aromatic heterocycles. The third-order valence-electron chi connectivity index (χ3n) is 0.988. The Hall–Kier alpha value is 0.380. The molecule has 0 radical (unpaired) electrons. The molecular weight excluding hydrogens is 226 g/mol. The van der Waals surface area contributed by atoms with Crippen LogP contribution in [0.5, 0.6) is 0 Å². The molecule has 0 fully saturated rings. The Morgan fingerprint density at radius 2 is 1.00 bits per heavy atom. The molecule has 0 nitrogen and oxygen atoms in total. The van der Waals surface area contributed by atoms with Gasteiger partial charge >= 0.3 is 0 Å². The van der Waals surface area contributed by atoms with Gasteiger partial charge in [0, 0.05) is 0 Å². The van der Waals surface area contributed by atoms with Crippen LogP contribution in [-0.2, 0) is 0 Å². The van der Waals surface area contributed by atoms with Crippen molar-refractivity contribution in [2.45, 2.75) is 7.43 Å². The second kappa shape index (κ2) is 4.42. The van der Waals surface area contributed by atoms with E-state index in [0.717, 1.165) is 0 Å². The summed E-state index contributed by atoms with van der Waals surface area (Å²) in [4.78, 5) is 0. The van der Waals surface area contributed by atoms with Crippen LogP contribution in [0.3, 0.4) is 0 Å². The van der Waals surface area contributed by atoms with E-state index >= 15 is 0 Å². The lowest BCUT2D eigenvalue weighted by molar-refractivity contribution is 1.70. The maximum atomic E-state index is 5.63. The zero-order valence-electron chi connectivity index (χ0n) is 4.67. The quantitative estimate of drug-likeness (QED) is 0.439. The van der Waals surface area contributed by atoms with Crippen LogP contribution >= 0.6 is 46.4 Å². The van der Waals surface area contributed by atoms with E-state index in [1.54, 1.807) is 12.1 Å². The van der Waals surface area contributed by atoms with Crippen molar-refractivity contribution < 1.29 is 0 Å². The van der Waals surface area contributed by atoms with Crippen molar-refractivity contribution in [1.29, 1.82) is 0 Å². The molecule has 0 N–H and O–H groups in total. The maximum absolute atomic E-state index is 5.63. The monoisotopic (exact) mass is 230 g/mol. The van der Waals surface area contributed by atoms with E-state index in [1.165, 1.54) is 0 Å². The highest BCUT2D eigenvalue weighted by atomic mass is 35.5. The summed E-state index contributed by atoms with van der Waals surface area (Å²) in [6, 6.07) is 3.19. The van der Waals surface area contributed by atoms with Crippen molar-refractivity contribution in [2.75, 3.05) is 0 Å². The van der Waals surface area contributed by atoms with Crippen LogP contribution in [0, 0.1) is 0 Å². The standard InChI is InChI=1S/C6H2Cl4.CH4/c7-3-1-2-4(8)6(10)5(3)9;/h1-2H;1H4. The lowest BCUT2D eigenvalue weighted by atomic mass is 10.4. The van der Waals surface area contributed by atoms with Gasteiger partial charge in [0.25, 0.3) is 0 Å². The number of halogens is 4. The van der Waals surface area contributed by atoms with Crippen LogP contribution in [0.4, 0.5) is 0 Å². The minimum Gasteiger partial charge on any atom is -0.0827 e. The molecular formula is C7H6Cl4. The fourth-order valence-electron chi connectivity index (χ4n) is 0.502. The molecule has 0 aliphatic heterocycles. The third kappa shape index (κ3) is 2.41. The van der Waals surface area contributed by atoms with Gasteiger partial charge in [0.15, 0.2) is 0 Å². The van der Waals surface area contributed by atoms with Crippen LogP contribution in [-0.4, -0.2) is 0 Å². The fraction of sp³-hybridized carbons (Fsp3) is 0.143. The van der Waals surface area contributed by atoms with Gasteiger partial charge in [-0.1, -0.05) is 53.8 Å². The Morgan fingerprint density at radius 3 is 1.27 bits per heavy atom. The van der Waals surface area contributed by atoms with E-state index in [4.69, 9.17) is 46.4 Å². The van der Waals surface area contributed by atoms with Crippen molar-refractivity contribution in [3.05, 3.63) is 32.2 Å². The Balaban J connectivity index is 0.000001000. The molecule has 0 aliphatic rings. The highest BCUT2D eigenvalue weighted by Crippen LogP contribution is 2.34. The van der Waals surface area contributed by atoms with Gasteiger partial charge in [0.2, 0.25) is 0 Å². The summed E-state index contributed by atoms with van der Waals surface area (Å²) in [5.41, 5.74) is 0. The summed E-state index contributed by atoms with van der Waals surface area (Å²) in [7, 11) is 0. The van der Waals surface area contributed by atoms with Crippen molar-refractivity contribution in [2.24, 2.45) is 0 Å². The molecule has 0 atom stereocenters. The molecule has 0 aliphatic carbocycles. The third-order valence-corrected chi connectivity index (χ3v) is 2.69. The summed E-state index contributed by atoms with van der Waals surface area (Å²) in [6.07, 6.45) is 0. The summed E-state index contributed by atoms with van der Waals surface area (Å²) in [6.45, 7) is 0. The summed E-state index contributed by atoms with van der Waals surface area (Å²) < 4.78 is 0. The predicted octanol–water partition coefficient (Wildman–Crippen LogP) is 4.94. The Morgan fingerprint density at radius 1 is 0.727 bits per heavy atom. The molecule has 0 saturated carbocycles. The van der Waals surface area contributed by atoms with E-state index in [-0.39, 0.29) is 7.43 Å². The van der Waals surface area contributed by atoms with Gasteiger partial charge in [-0.2, -0.15) is 0 Å². The number of benzene rings is 1. The molecule has 4 heteroatoms. The van der Waals surface area contributed by atoms with Crippen LogP contribution in [0.25, 0.3) is 0 Å². The first kappa shape index (κ1) is 11.4. The fourth-order valence-corrected chi connectivity index (χ4v) is 1.24. The molecule has 1 rings (SSSR count). The van der Waals surface area contributed by atoms with Crippen LogP contribution in [0.15, 0.2) is 12.1 Å². The van der Waals surface area contributed by atoms with Crippen LogP contribution in [0.1, 0.15) is 7.43 Å². The minimum absolute atomic E-state index is 0. The minimum atomic E-state index is 0. The number of rotatable bonds is 0. The van der Waals surface area contributed by atoms with Gasteiger partial charge in [-0.25, -0.2) is 0 Å². The molecule has 0 saturated heterocycles. The maximum Gasteiger partial charge on any atom is 0.0793 e. The Labute approximate surface area is 86.0 Å². The van der Waals surface area contributed by atoms with Gasteiger partial charge < -0.3 is 0 Å². The Kier molecular flexibility index (Phi) is 4.57. The van der Waals surface area contributed by atoms with E-state index in [9.17, 15) is 0 Å². The largest absolute Gasteiger partial charge is 0.0827 e. The Bertz CT molecular complexity index is 230. The lowest BCUT2D eigenvalue weighted by Crippen LogP contribution is -1.71. The van der Waals surface area contributed by atoms with E-state index in [0.29, 0.717) is 20.1 Å². The molecule has 62 valence electrons.